The summed E-state index contributed by atoms with van der Waals surface area (Å²) in [5.74, 6) is -0.280. The fourth-order valence-corrected chi connectivity index (χ4v) is 1.87. The van der Waals surface area contributed by atoms with Crippen molar-refractivity contribution in [2.75, 3.05) is 18.4 Å². The van der Waals surface area contributed by atoms with Gasteiger partial charge in [-0.3, -0.25) is 4.79 Å². The molecule has 2 rings (SSSR count). The maximum Gasteiger partial charge on any atom is 0.573 e. The third kappa shape index (κ3) is 5.09. The zero-order chi connectivity index (χ0) is 14.8. The zero-order valence-electron chi connectivity index (χ0n) is 11.2. The topological polar surface area (TPSA) is 50.4 Å². The number of amides is 1. The molecule has 1 aromatic rings. The smallest absolute Gasteiger partial charge is 0.406 e. The van der Waals surface area contributed by atoms with Gasteiger partial charge in [-0.1, -0.05) is 6.92 Å². The Labute approximate surface area is 126 Å². The molecular formula is C13H16ClF3N2O2. The highest BCUT2D eigenvalue weighted by molar-refractivity contribution is 5.92. The molecule has 1 fully saturated rings. The Hall–Kier alpha value is -1.47. The van der Waals surface area contributed by atoms with Gasteiger partial charge in [0.1, 0.15) is 5.75 Å². The fraction of sp³-hybridized carbons (Fsp3) is 0.462. The average Bonchev–Trinajstić information content (AvgIpc) is 2.27. The minimum atomic E-state index is -4.71. The maximum absolute atomic E-state index is 12.0. The van der Waals surface area contributed by atoms with Crippen molar-refractivity contribution >= 4 is 24.0 Å². The Morgan fingerprint density at radius 1 is 1.33 bits per heavy atom. The number of hydrogen-bond donors (Lipinski definition) is 2. The van der Waals surface area contributed by atoms with Crippen LogP contribution in [0.2, 0.25) is 0 Å². The highest BCUT2D eigenvalue weighted by Gasteiger charge is 2.31. The van der Waals surface area contributed by atoms with Crippen LogP contribution in [0.25, 0.3) is 0 Å². The lowest BCUT2D eigenvalue weighted by atomic mass is 9.88. The Morgan fingerprint density at radius 2 is 1.90 bits per heavy atom. The zero-order valence-corrected chi connectivity index (χ0v) is 12.1. The number of carbonyl (C=O) groups excluding carboxylic acids is 1. The Kier molecular flexibility index (Phi) is 5.86. The molecular weight excluding hydrogens is 309 g/mol. The van der Waals surface area contributed by atoms with E-state index in [1.807, 2.05) is 6.92 Å². The number of nitrogens with one attached hydrogen (secondary N) is 2. The van der Waals surface area contributed by atoms with E-state index in [0.29, 0.717) is 11.6 Å². The molecule has 0 bridgehead atoms. The third-order valence-electron chi connectivity index (χ3n) is 3.29. The molecule has 118 valence electrons. The first-order valence-electron chi connectivity index (χ1n) is 6.22. The normalized spacial score (nSPS) is 16.4. The summed E-state index contributed by atoms with van der Waals surface area (Å²) in [6.45, 7) is 3.46. The van der Waals surface area contributed by atoms with Crippen LogP contribution >= 0.6 is 12.4 Å². The van der Waals surface area contributed by atoms with E-state index < -0.39 is 6.36 Å². The van der Waals surface area contributed by atoms with E-state index in [9.17, 15) is 18.0 Å². The van der Waals surface area contributed by atoms with Gasteiger partial charge in [0.15, 0.2) is 0 Å². The summed E-state index contributed by atoms with van der Waals surface area (Å²) in [6.07, 6.45) is -4.71. The summed E-state index contributed by atoms with van der Waals surface area (Å²) in [4.78, 5) is 11.9. The molecule has 1 saturated heterocycles. The number of anilines is 1. The molecule has 0 saturated carbocycles. The molecule has 1 aliphatic heterocycles. The van der Waals surface area contributed by atoms with Crippen molar-refractivity contribution in [1.82, 2.24) is 5.32 Å². The molecule has 1 atom stereocenters. The summed E-state index contributed by atoms with van der Waals surface area (Å²) in [6, 6.07) is 5.09. The standard InChI is InChI=1S/C13H15F3N2O2.ClH/c1-8(9-6-17-7-9)12(19)18-10-2-4-11(5-3-10)20-13(14,15)16;/h2-5,8-9,17H,6-7H2,1H3,(H,18,19);1H. The molecule has 4 nitrogen and oxygen atoms in total. The largest absolute Gasteiger partial charge is 0.573 e. The minimum Gasteiger partial charge on any atom is -0.406 e. The first-order chi connectivity index (χ1) is 9.35. The number of rotatable bonds is 4. The molecule has 0 aliphatic carbocycles. The van der Waals surface area contributed by atoms with E-state index >= 15 is 0 Å². The van der Waals surface area contributed by atoms with Gasteiger partial charge in [-0.15, -0.1) is 25.6 Å². The Morgan fingerprint density at radius 3 is 2.33 bits per heavy atom. The first-order valence-corrected chi connectivity index (χ1v) is 6.22. The Balaban J connectivity index is 0.00000220. The quantitative estimate of drug-likeness (QED) is 0.895. The molecule has 1 amide bonds. The minimum absolute atomic E-state index is 0. The van der Waals surface area contributed by atoms with Crippen molar-refractivity contribution in [1.29, 1.82) is 0 Å². The number of alkyl halides is 3. The first kappa shape index (κ1) is 17.6. The second kappa shape index (κ2) is 7.00. The van der Waals surface area contributed by atoms with Crippen molar-refractivity contribution in [2.45, 2.75) is 13.3 Å². The molecule has 0 aromatic heterocycles. The van der Waals surface area contributed by atoms with Crippen molar-refractivity contribution < 1.29 is 22.7 Å². The molecule has 1 unspecified atom stereocenters. The van der Waals surface area contributed by atoms with Crippen LogP contribution in [-0.4, -0.2) is 25.4 Å². The van der Waals surface area contributed by atoms with Gasteiger partial charge in [-0.05, 0) is 43.3 Å². The van der Waals surface area contributed by atoms with Crippen LogP contribution in [0.1, 0.15) is 6.92 Å². The maximum atomic E-state index is 12.0. The highest BCUT2D eigenvalue weighted by atomic mass is 35.5. The highest BCUT2D eigenvalue weighted by Crippen LogP contribution is 2.24. The molecule has 0 radical (unpaired) electrons. The van der Waals surface area contributed by atoms with E-state index in [4.69, 9.17) is 0 Å². The van der Waals surface area contributed by atoms with Crippen LogP contribution in [-0.2, 0) is 4.79 Å². The van der Waals surface area contributed by atoms with Crippen molar-refractivity contribution in [3.8, 4) is 5.75 Å². The van der Waals surface area contributed by atoms with E-state index in [1.54, 1.807) is 0 Å². The van der Waals surface area contributed by atoms with Crippen LogP contribution < -0.4 is 15.4 Å². The third-order valence-corrected chi connectivity index (χ3v) is 3.29. The lowest BCUT2D eigenvalue weighted by molar-refractivity contribution is -0.274. The summed E-state index contributed by atoms with van der Waals surface area (Å²) in [5.41, 5.74) is 0.448. The van der Waals surface area contributed by atoms with Crippen LogP contribution in [0.5, 0.6) is 5.75 Å². The number of ether oxygens (including phenoxy) is 1. The SMILES string of the molecule is CC(C(=O)Nc1ccc(OC(F)(F)F)cc1)C1CNC1.Cl. The van der Waals surface area contributed by atoms with Crippen molar-refractivity contribution in [3.05, 3.63) is 24.3 Å². The molecule has 2 N–H and O–H groups in total. The van der Waals surface area contributed by atoms with E-state index in [-0.39, 0.29) is 30.0 Å². The van der Waals surface area contributed by atoms with E-state index in [0.717, 1.165) is 13.1 Å². The lowest BCUT2D eigenvalue weighted by Gasteiger charge is -2.31. The van der Waals surface area contributed by atoms with Crippen LogP contribution in [0.3, 0.4) is 0 Å². The van der Waals surface area contributed by atoms with Gasteiger partial charge in [-0.25, -0.2) is 0 Å². The molecule has 0 spiro atoms. The molecule has 1 aromatic carbocycles. The van der Waals surface area contributed by atoms with Crippen LogP contribution in [0.4, 0.5) is 18.9 Å². The van der Waals surface area contributed by atoms with Crippen LogP contribution in [0.15, 0.2) is 24.3 Å². The number of hydrogen-bond acceptors (Lipinski definition) is 3. The van der Waals surface area contributed by atoms with Gasteiger partial charge < -0.3 is 15.4 Å². The van der Waals surface area contributed by atoms with Gasteiger partial charge in [0.05, 0.1) is 0 Å². The van der Waals surface area contributed by atoms with Crippen molar-refractivity contribution in [3.63, 3.8) is 0 Å². The molecule has 8 heteroatoms. The van der Waals surface area contributed by atoms with Gasteiger partial charge in [0.25, 0.3) is 0 Å². The summed E-state index contributed by atoms with van der Waals surface area (Å²) >= 11 is 0. The van der Waals surface area contributed by atoms with Crippen LogP contribution in [0, 0.1) is 11.8 Å². The summed E-state index contributed by atoms with van der Waals surface area (Å²) in [7, 11) is 0. The van der Waals surface area contributed by atoms with Gasteiger partial charge >= 0.3 is 6.36 Å². The molecule has 21 heavy (non-hydrogen) atoms. The monoisotopic (exact) mass is 324 g/mol. The van der Waals surface area contributed by atoms with Crippen molar-refractivity contribution in [2.24, 2.45) is 11.8 Å². The number of halogens is 4. The second-order valence-corrected chi connectivity index (χ2v) is 4.77. The fourth-order valence-electron chi connectivity index (χ4n) is 1.87. The van der Waals surface area contributed by atoms with Gasteiger partial charge in [0, 0.05) is 11.6 Å². The predicted octanol–water partition coefficient (Wildman–Crippen LogP) is 2.80. The average molecular weight is 325 g/mol. The van der Waals surface area contributed by atoms with Gasteiger partial charge in [-0.2, -0.15) is 0 Å². The van der Waals surface area contributed by atoms with E-state index in [2.05, 4.69) is 15.4 Å². The summed E-state index contributed by atoms with van der Waals surface area (Å²) < 4.78 is 39.7. The van der Waals surface area contributed by atoms with Gasteiger partial charge in [0.2, 0.25) is 5.91 Å². The van der Waals surface area contributed by atoms with E-state index in [1.165, 1.54) is 24.3 Å². The Bertz CT molecular complexity index is 475. The number of carbonyl (C=O) groups is 1. The number of benzene rings is 1. The molecule has 1 aliphatic rings. The lowest BCUT2D eigenvalue weighted by Crippen LogP contribution is -2.48. The predicted molar refractivity (Wildman–Crippen MR) is 74.5 cm³/mol. The molecule has 1 heterocycles. The second-order valence-electron chi connectivity index (χ2n) is 4.77. The summed E-state index contributed by atoms with van der Waals surface area (Å²) in [5, 5.41) is 5.76.